The lowest BCUT2D eigenvalue weighted by atomic mass is 10.2. The molecule has 2 rings (SSSR count). The predicted octanol–water partition coefficient (Wildman–Crippen LogP) is 2.71. The van der Waals surface area contributed by atoms with E-state index in [0.29, 0.717) is 0 Å². The molecule has 2 aromatic rings. The third-order valence-electron chi connectivity index (χ3n) is 1.67. The Morgan fingerprint density at radius 3 is 2.42 bits per heavy atom. The van der Waals surface area contributed by atoms with Gasteiger partial charge in [0.25, 0.3) is 0 Å². The Balaban J connectivity index is 2.51. The van der Waals surface area contributed by atoms with Gasteiger partial charge in [0.1, 0.15) is 0 Å². The van der Waals surface area contributed by atoms with Crippen LogP contribution in [-0.2, 0) is 0 Å². The average molecular weight is 223 g/mol. The maximum Gasteiger partial charge on any atom is 0.0812 e. The Hall–Kier alpha value is -1.09. The zero-order chi connectivity index (χ0) is 8.39. The summed E-state index contributed by atoms with van der Waals surface area (Å²) >= 11 is 3.31. The van der Waals surface area contributed by atoms with E-state index in [2.05, 4.69) is 33.4 Å². The minimum atomic E-state index is 1.07. The predicted molar refractivity (Wildman–Crippen MR) is 52.0 cm³/mol. The first-order chi connectivity index (χ1) is 5.88. The van der Waals surface area contributed by atoms with E-state index < -0.39 is 0 Å². The summed E-state index contributed by atoms with van der Waals surface area (Å²) in [6.45, 7) is 0. The molecule has 1 aromatic heterocycles. The molecule has 0 unspecified atom stereocenters. The van der Waals surface area contributed by atoms with Gasteiger partial charge in [-0.1, -0.05) is 30.3 Å². The molecule has 0 aliphatic rings. The van der Waals surface area contributed by atoms with Crippen LogP contribution >= 0.6 is 16.1 Å². The second-order valence-electron chi connectivity index (χ2n) is 2.44. The maximum absolute atomic E-state index is 4.03. The number of aromatic nitrogens is 2. The number of nitrogens with zero attached hydrogens (tertiary/aromatic N) is 2. The van der Waals surface area contributed by atoms with E-state index >= 15 is 0 Å². The lowest BCUT2D eigenvalue weighted by Crippen LogP contribution is -1.84. The van der Waals surface area contributed by atoms with Gasteiger partial charge in [-0.3, -0.25) is 0 Å². The van der Waals surface area contributed by atoms with Crippen molar-refractivity contribution in [2.75, 3.05) is 0 Å². The molecule has 0 radical (unpaired) electrons. The quantitative estimate of drug-likeness (QED) is 0.726. The third kappa shape index (κ3) is 1.28. The van der Waals surface area contributed by atoms with Crippen molar-refractivity contribution in [1.29, 1.82) is 0 Å². The molecule has 1 aromatic carbocycles. The van der Waals surface area contributed by atoms with Crippen LogP contribution in [0.4, 0.5) is 0 Å². The highest BCUT2D eigenvalue weighted by atomic mass is 79.9. The second-order valence-corrected chi connectivity index (χ2v) is 3.11. The van der Waals surface area contributed by atoms with Gasteiger partial charge in [0.2, 0.25) is 0 Å². The molecule has 3 heteroatoms. The monoisotopic (exact) mass is 222 g/mol. The highest BCUT2D eigenvalue weighted by molar-refractivity contribution is 9.08. The van der Waals surface area contributed by atoms with E-state index in [4.69, 9.17) is 0 Å². The summed E-state index contributed by atoms with van der Waals surface area (Å²) in [4.78, 5) is 0. The molecule has 0 N–H and O–H groups in total. The van der Waals surface area contributed by atoms with Crippen LogP contribution in [0.15, 0.2) is 42.6 Å². The van der Waals surface area contributed by atoms with Crippen LogP contribution < -0.4 is 0 Å². The van der Waals surface area contributed by atoms with Crippen molar-refractivity contribution in [3.63, 3.8) is 0 Å². The molecule has 0 aliphatic carbocycles. The fourth-order valence-corrected chi connectivity index (χ4v) is 1.53. The first kappa shape index (κ1) is 7.55. The largest absolute Gasteiger partial charge is 0.197 e. The minimum Gasteiger partial charge on any atom is -0.197 e. The molecule has 0 aliphatic heterocycles. The molecule has 0 atom stereocenters. The number of benzene rings is 1. The summed E-state index contributed by atoms with van der Waals surface area (Å²) in [5, 5.41) is 4.03. The smallest absolute Gasteiger partial charge is 0.0812 e. The first-order valence-electron chi connectivity index (χ1n) is 3.63. The van der Waals surface area contributed by atoms with Crippen LogP contribution in [0.3, 0.4) is 0 Å². The van der Waals surface area contributed by atoms with Crippen molar-refractivity contribution in [3.8, 4) is 11.3 Å². The van der Waals surface area contributed by atoms with Crippen LogP contribution in [0.25, 0.3) is 11.3 Å². The van der Waals surface area contributed by atoms with E-state index in [9.17, 15) is 0 Å². The van der Waals surface area contributed by atoms with Crippen LogP contribution in [0.1, 0.15) is 0 Å². The molecule has 0 saturated heterocycles. The van der Waals surface area contributed by atoms with Crippen molar-refractivity contribution in [3.05, 3.63) is 42.6 Å². The Labute approximate surface area is 79.2 Å². The zero-order valence-corrected chi connectivity index (χ0v) is 7.90. The van der Waals surface area contributed by atoms with Gasteiger partial charge in [0, 0.05) is 5.56 Å². The molecule has 2 nitrogen and oxygen atoms in total. The molecule has 0 bridgehead atoms. The first-order valence-corrected chi connectivity index (χ1v) is 4.34. The van der Waals surface area contributed by atoms with Crippen LogP contribution in [-0.4, -0.2) is 8.81 Å². The number of rotatable bonds is 1. The van der Waals surface area contributed by atoms with Gasteiger partial charge < -0.3 is 0 Å². The van der Waals surface area contributed by atoms with Gasteiger partial charge in [0.05, 0.1) is 28.0 Å². The van der Waals surface area contributed by atoms with Gasteiger partial charge in [-0.25, -0.2) is 0 Å². The maximum atomic E-state index is 4.03. The van der Waals surface area contributed by atoms with Gasteiger partial charge >= 0.3 is 0 Å². The van der Waals surface area contributed by atoms with Crippen molar-refractivity contribution >= 4 is 16.1 Å². The van der Waals surface area contributed by atoms with Gasteiger partial charge in [-0.2, -0.15) is 8.81 Å². The number of hydrogen-bond donors (Lipinski definition) is 0. The summed E-state index contributed by atoms with van der Waals surface area (Å²) < 4.78 is 1.68. The van der Waals surface area contributed by atoms with Gasteiger partial charge in [-0.15, -0.1) is 0 Å². The van der Waals surface area contributed by atoms with Crippen LogP contribution in [0.2, 0.25) is 0 Å². The summed E-state index contributed by atoms with van der Waals surface area (Å²) in [6, 6.07) is 12.1. The SMILES string of the molecule is Brn1nccc1-c1ccccc1. The topological polar surface area (TPSA) is 17.8 Å². The molecular weight excluding hydrogens is 216 g/mol. The third-order valence-corrected chi connectivity index (χ3v) is 2.23. The highest BCUT2D eigenvalue weighted by Crippen LogP contribution is 2.19. The van der Waals surface area contributed by atoms with Crippen molar-refractivity contribution in [1.82, 2.24) is 8.81 Å². The lowest BCUT2D eigenvalue weighted by Gasteiger charge is -1.97. The molecule has 0 amide bonds. The Kier molecular flexibility index (Phi) is 1.96. The Morgan fingerprint density at radius 1 is 1.08 bits per heavy atom. The highest BCUT2D eigenvalue weighted by Gasteiger charge is 2.00. The van der Waals surface area contributed by atoms with E-state index in [-0.39, 0.29) is 0 Å². The molecule has 0 saturated carbocycles. The zero-order valence-electron chi connectivity index (χ0n) is 6.31. The standard InChI is InChI=1S/C9H7BrN2/c10-12-9(6-7-11-12)8-4-2-1-3-5-8/h1-7H. The lowest BCUT2D eigenvalue weighted by molar-refractivity contribution is 1.04. The number of halogens is 1. The Morgan fingerprint density at radius 2 is 1.83 bits per heavy atom. The van der Waals surface area contributed by atoms with E-state index in [0.717, 1.165) is 11.3 Å². The number of hydrogen-bond acceptors (Lipinski definition) is 1. The van der Waals surface area contributed by atoms with Crippen molar-refractivity contribution < 1.29 is 0 Å². The normalized spacial score (nSPS) is 10.1. The molecule has 1 heterocycles. The van der Waals surface area contributed by atoms with Gasteiger partial charge in [-0.05, 0) is 6.07 Å². The van der Waals surface area contributed by atoms with Crippen molar-refractivity contribution in [2.24, 2.45) is 0 Å². The van der Waals surface area contributed by atoms with E-state index in [1.54, 1.807) is 9.90 Å². The van der Waals surface area contributed by atoms with Crippen LogP contribution in [0, 0.1) is 0 Å². The van der Waals surface area contributed by atoms with E-state index in [1.165, 1.54) is 0 Å². The molecule has 0 fully saturated rings. The van der Waals surface area contributed by atoms with E-state index in [1.807, 2.05) is 24.3 Å². The summed E-state index contributed by atoms with van der Waals surface area (Å²) in [6.07, 6.45) is 1.76. The Bertz CT molecular complexity index is 367. The molecule has 60 valence electrons. The minimum absolute atomic E-state index is 1.07. The summed E-state index contributed by atoms with van der Waals surface area (Å²) in [5.74, 6) is 0. The van der Waals surface area contributed by atoms with Crippen molar-refractivity contribution in [2.45, 2.75) is 0 Å². The second kappa shape index (κ2) is 3.11. The molecule has 12 heavy (non-hydrogen) atoms. The molecular formula is C9H7BrN2. The fraction of sp³-hybridized carbons (Fsp3) is 0. The van der Waals surface area contributed by atoms with Crippen LogP contribution in [0.5, 0.6) is 0 Å². The summed E-state index contributed by atoms with van der Waals surface area (Å²) in [5.41, 5.74) is 2.22. The summed E-state index contributed by atoms with van der Waals surface area (Å²) in [7, 11) is 0. The average Bonchev–Trinajstić information content (AvgIpc) is 2.53. The fourth-order valence-electron chi connectivity index (χ4n) is 1.10. The van der Waals surface area contributed by atoms with Gasteiger partial charge in [0.15, 0.2) is 0 Å². The molecule has 0 spiro atoms.